The largest absolute Gasteiger partial charge is 0.456 e. The van der Waals surface area contributed by atoms with Crippen LogP contribution in [0.4, 0.5) is 0 Å². The van der Waals surface area contributed by atoms with Crippen LogP contribution in [0.25, 0.3) is 0 Å². The molecule has 0 aliphatic heterocycles. The van der Waals surface area contributed by atoms with E-state index in [4.69, 9.17) is 4.74 Å². The fourth-order valence-electron chi connectivity index (χ4n) is 2.68. The van der Waals surface area contributed by atoms with Crippen LogP contribution in [0, 0.1) is 0 Å². The highest BCUT2D eigenvalue weighted by Crippen LogP contribution is 2.39. The maximum Gasteiger partial charge on any atom is 0.303 e. The molecule has 0 fully saturated rings. The van der Waals surface area contributed by atoms with Crippen molar-refractivity contribution in [2.75, 3.05) is 0 Å². The van der Waals surface area contributed by atoms with Gasteiger partial charge in [-0.15, -0.1) is 0 Å². The van der Waals surface area contributed by atoms with Gasteiger partial charge in [0.05, 0.1) is 4.83 Å². The van der Waals surface area contributed by atoms with Gasteiger partial charge in [-0.1, -0.05) is 64.5 Å². The van der Waals surface area contributed by atoms with Crippen LogP contribution < -0.4 is 0 Å². The molecule has 0 amide bonds. The molecule has 4 aliphatic rings. The Bertz CT molecular complexity index is 631. The number of benzene rings is 2. The number of hydrogen-bond acceptors (Lipinski definition) is 2. The standard InChI is InChI=1S/C18H17BrO2/c1-12(20)21-18-16-10-6-14(7-11-16)3-2-13-4-8-15(9-5-13)17(18)19/h4-11,17-18H,2-3H2,1H3/t17-,18+/m0/s1. The molecule has 2 aromatic carbocycles. The molecule has 108 valence electrons. The first kappa shape index (κ1) is 14.3. The smallest absolute Gasteiger partial charge is 0.303 e. The highest BCUT2D eigenvalue weighted by atomic mass is 79.9. The third-order valence-electron chi connectivity index (χ3n) is 3.87. The van der Waals surface area contributed by atoms with Gasteiger partial charge < -0.3 is 4.74 Å². The first-order valence-corrected chi connectivity index (χ1v) is 8.04. The molecule has 21 heavy (non-hydrogen) atoms. The molecule has 0 aromatic heterocycles. The fourth-order valence-corrected chi connectivity index (χ4v) is 3.40. The van der Waals surface area contributed by atoms with E-state index in [0.717, 1.165) is 24.0 Å². The van der Waals surface area contributed by atoms with E-state index in [1.54, 1.807) is 0 Å². The summed E-state index contributed by atoms with van der Waals surface area (Å²) in [5.74, 6) is -0.266. The summed E-state index contributed by atoms with van der Waals surface area (Å²) in [4.78, 5) is 11.4. The molecule has 6 rings (SSSR count). The van der Waals surface area contributed by atoms with E-state index in [1.807, 2.05) is 0 Å². The first-order valence-electron chi connectivity index (χ1n) is 7.12. The van der Waals surface area contributed by atoms with Gasteiger partial charge in [0.25, 0.3) is 0 Å². The van der Waals surface area contributed by atoms with Crippen molar-refractivity contribution >= 4 is 21.9 Å². The third-order valence-corrected chi connectivity index (χ3v) is 4.88. The zero-order chi connectivity index (χ0) is 14.8. The molecule has 2 atom stereocenters. The molecule has 4 aliphatic carbocycles. The van der Waals surface area contributed by atoms with E-state index in [1.165, 1.54) is 18.1 Å². The summed E-state index contributed by atoms with van der Waals surface area (Å²) in [5.41, 5.74) is 4.76. The van der Waals surface area contributed by atoms with Gasteiger partial charge in [-0.05, 0) is 35.1 Å². The van der Waals surface area contributed by atoms with Crippen LogP contribution in [-0.2, 0) is 22.4 Å². The van der Waals surface area contributed by atoms with E-state index >= 15 is 0 Å². The van der Waals surface area contributed by atoms with Crippen molar-refractivity contribution in [3.8, 4) is 0 Å². The third kappa shape index (κ3) is 3.18. The maximum atomic E-state index is 11.5. The van der Waals surface area contributed by atoms with Crippen LogP contribution >= 0.6 is 15.9 Å². The topological polar surface area (TPSA) is 26.3 Å². The van der Waals surface area contributed by atoms with Crippen molar-refractivity contribution in [2.24, 2.45) is 0 Å². The van der Waals surface area contributed by atoms with Crippen LogP contribution in [0.5, 0.6) is 0 Å². The Hall–Kier alpha value is -1.61. The van der Waals surface area contributed by atoms with E-state index in [2.05, 4.69) is 64.5 Å². The van der Waals surface area contributed by atoms with Crippen LogP contribution in [-0.4, -0.2) is 5.97 Å². The molecular formula is C18H17BrO2. The van der Waals surface area contributed by atoms with Gasteiger partial charge in [-0.2, -0.15) is 0 Å². The lowest BCUT2D eigenvalue weighted by atomic mass is 9.95. The summed E-state index contributed by atoms with van der Waals surface area (Å²) < 4.78 is 5.55. The fraction of sp³-hybridized carbons (Fsp3) is 0.278. The minimum atomic E-state index is -0.318. The average molecular weight is 345 g/mol. The second kappa shape index (κ2) is 6.02. The molecule has 0 saturated heterocycles. The maximum absolute atomic E-state index is 11.5. The molecule has 0 radical (unpaired) electrons. The zero-order valence-corrected chi connectivity index (χ0v) is 13.5. The highest BCUT2D eigenvalue weighted by molar-refractivity contribution is 9.09. The number of carbonyl (C=O) groups is 1. The number of carbonyl (C=O) groups excluding carboxylic acids is 1. The highest BCUT2D eigenvalue weighted by Gasteiger charge is 2.25. The van der Waals surface area contributed by atoms with Crippen LogP contribution in [0.2, 0.25) is 0 Å². The lowest BCUT2D eigenvalue weighted by Crippen LogP contribution is -2.14. The number of rotatable bonds is 1. The van der Waals surface area contributed by atoms with Crippen molar-refractivity contribution in [1.29, 1.82) is 0 Å². The predicted molar refractivity (Wildman–Crippen MR) is 86.5 cm³/mol. The molecule has 2 aromatic rings. The van der Waals surface area contributed by atoms with Gasteiger partial charge in [0.15, 0.2) is 0 Å². The summed E-state index contributed by atoms with van der Waals surface area (Å²) in [7, 11) is 0. The second-order valence-electron chi connectivity index (χ2n) is 5.41. The first-order chi connectivity index (χ1) is 10.1. The molecule has 4 bridgehead atoms. The van der Waals surface area contributed by atoms with Crippen molar-refractivity contribution in [3.05, 3.63) is 70.8 Å². The number of ether oxygens (including phenoxy) is 1. The zero-order valence-electron chi connectivity index (χ0n) is 11.9. The predicted octanol–water partition coefficient (Wildman–Crippen LogP) is 4.53. The van der Waals surface area contributed by atoms with E-state index in [9.17, 15) is 4.79 Å². The van der Waals surface area contributed by atoms with Gasteiger partial charge >= 0.3 is 5.97 Å². The van der Waals surface area contributed by atoms with E-state index in [-0.39, 0.29) is 16.9 Å². The lowest BCUT2D eigenvalue weighted by Gasteiger charge is -2.24. The van der Waals surface area contributed by atoms with E-state index in [0.29, 0.717) is 0 Å². The minimum absolute atomic E-state index is 0.0549. The van der Waals surface area contributed by atoms with Gasteiger partial charge in [0, 0.05) is 6.92 Å². The van der Waals surface area contributed by atoms with Gasteiger partial charge in [-0.25, -0.2) is 0 Å². The van der Waals surface area contributed by atoms with Gasteiger partial charge in [0.2, 0.25) is 0 Å². The molecule has 3 heteroatoms. The Morgan fingerprint density at radius 1 is 0.952 bits per heavy atom. The quantitative estimate of drug-likeness (QED) is 0.561. The van der Waals surface area contributed by atoms with Crippen molar-refractivity contribution in [1.82, 2.24) is 0 Å². The Morgan fingerprint density at radius 2 is 1.43 bits per heavy atom. The Morgan fingerprint density at radius 3 is 1.90 bits per heavy atom. The van der Waals surface area contributed by atoms with Crippen molar-refractivity contribution < 1.29 is 9.53 Å². The van der Waals surface area contributed by atoms with Crippen molar-refractivity contribution in [2.45, 2.75) is 30.7 Å². The van der Waals surface area contributed by atoms with Crippen LogP contribution in [0.1, 0.15) is 40.1 Å². The lowest BCUT2D eigenvalue weighted by molar-refractivity contribution is -0.146. The average Bonchev–Trinajstić information content (AvgIpc) is 2.50. The van der Waals surface area contributed by atoms with Crippen molar-refractivity contribution in [3.63, 3.8) is 0 Å². The number of halogens is 1. The summed E-state index contributed by atoms with van der Waals surface area (Å²) in [6, 6.07) is 16.9. The minimum Gasteiger partial charge on any atom is -0.456 e. The van der Waals surface area contributed by atoms with Crippen LogP contribution in [0.3, 0.4) is 0 Å². The number of alkyl halides is 1. The summed E-state index contributed by atoms with van der Waals surface area (Å²) in [5, 5.41) is 0. The SMILES string of the molecule is CC(=O)O[C@@H]1c2ccc(cc2)CCc2ccc(cc2)[C@@H]1Br. The van der Waals surface area contributed by atoms with Gasteiger partial charge in [0.1, 0.15) is 6.10 Å². The Kier molecular flexibility index (Phi) is 4.11. The Labute approximate surface area is 133 Å². The molecule has 0 saturated carbocycles. The molecule has 0 heterocycles. The molecular weight excluding hydrogens is 328 g/mol. The van der Waals surface area contributed by atoms with Gasteiger partial charge in [-0.3, -0.25) is 4.79 Å². The molecule has 0 unspecified atom stereocenters. The molecule has 0 spiro atoms. The monoisotopic (exact) mass is 344 g/mol. The summed E-state index contributed by atoms with van der Waals surface area (Å²) in [6.07, 6.45) is 1.75. The summed E-state index contributed by atoms with van der Waals surface area (Å²) >= 11 is 3.70. The second-order valence-corrected chi connectivity index (χ2v) is 6.40. The molecule has 0 N–H and O–H groups in total. The van der Waals surface area contributed by atoms with E-state index < -0.39 is 0 Å². The summed E-state index contributed by atoms with van der Waals surface area (Å²) in [6.45, 7) is 1.45. The normalized spacial score (nSPS) is 20.7. The number of esters is 1. The number of hydrogen-bond donors (Lipinski definition) is 0. The van der Waals surface area contributed by atoms with Crippen LogP contribution in [0.15, 0.2) is 48.5 Å². The molecule has 2 nitrogen and oxygen atoms in total. The number of aryl methyl sites for hydroxylation is 2. The Balaban J connectivity index is 2.06.